The summed E-state index contributed by atoms with van der Waals surface area (Å²) < 4.78 is 5.72. The van der Waals surface area contributed by atoms with Crippen molar-refractivity contribution in [3.8, 4) is 5.88 Å². The van der Waals surface area contributed by atoms with E-state index in [1.165, 1.54) is 0 Å². The van der Waals surface area contributed by atoms with Crippen LogP contribution in [0.1, 0.15) is 12.8 Å². The van der Waals surface area contributed by atoms with Crippen LogP contribution in [0.25, 0.3) is 0 Å². The van der Waals surface area contributed by atoms with Gasteiger partial charge in [-0.25, -0.2) is 4.98 Å². The quantitative estimate of drug-likeness (QED) is 0.626. The molecule has 6 nitrogen and oxygen atoms in total. The molecule has 0 spiro atoms. The first kappa shape index (κ1) is 15.3. The molecule has 1 aromatic heterocycles. The van der Waals surface area contributed by atoms with Crippen molar-refractivity contribution < 1.29 is 9.66 Å². The van der Waals surface area contributed by atoms with Crippen LogP contribution < -0.4 is 9.64 Å². The van der Waals surface area contributed by atoms with Crippen molar-refractivity contribution in [2.24, 2.45) is 5.92 Å². The highest BCUT2D eigenvalue weighted by atomic mass is 16.6. The normalized spacial score (nSPS) is 15.4. The Kier molecular flexibility index (Phi) is 4.71. The van der Waals surface area contributed by atoms with Gasteiger partial charge in [0.1, 0.15) is 0 Å². The monoisotopic (exact) mass is 313 g/mol. The Labute approximate surface area is 134 Å². The molecule has 1 aliphatic heterocycles. The van der Waals surface area contributed by atoms with E-state index in [4.69, 9.17) is 4.74 Å². The average molecular weight is 313 g/mol. The van der Waals surface area contributed by atoms with Crippen LogP contribution >= 0.6 is 0 Å². The van der Waals surface area contributed by atoms with Crippen molar-refractivity contribution >= 4 is 11.4 Å². The van der Waals surface area contributed by atoms with E-state index in [1.54, 1.807) is 18.3 Å². The second-order valence-electron chi connectivity index (χ2n) is 5.68. The van der Waals surface area contributed by atoms with Gasteiger partial charge in [0.15, 0.2) is 0 Å². The fraction of sp³-hybridized carbons (Fsp3) is 0.353. The van der Waals surface area contributed by atoms with Gasteiger partial charge in [-0.1, -0.05) is 6.07 Å². The molecule has 120 valence electrons. The van der Waals surface area contributed by atoms with E-state index < -0.39 is 0 Å². The molecule has 0 radical (unpaired) electrons. The minimum atomic E-state index is -0.370. The lowest BCUT2D eigenvalue weighted by Crippen LogP contribution is -2.35. The molecule has 6 heteroatoms. The number of hydrogen-bond donors (Lipinski definition) is 0. The third-order valence-corrected chi connectivity index (χ3v) is 4.14. The molecule has 1 aromatic carbocycles. The zero-order valence-corrected chi connectivity index (χ0v) is 12.8. The summed E-state index contributed by atoms with van der Waals surface area (Å²) in [5.74, 6) is 1.19. The summed E-state index contributed by atoms with van der Waals surface area (Å²) >= 11 is 0. The molecule has 1 saturated heterocycles. The number of non-ortho nitro benzene ring substituents is 1. The van der Waals surface area contributed by atoms with Crippen LogP contribution in [0.5, 0.6) is 5.88 Å². The van der Waals surface area contributed by atoms with Crippen molar-refractivity contribution in [1.82, 2.24) is 4.98 Å². The van der Waals surface area contributed by atoms with Gasteiger partial charge in [-0.15, -0.1) is 0 Å². The number of hydrogen-bond acceptors (Lipinski definition) is 5. The Hall–Kier alpha value is -2.63. The van der Waals surface area contributed by atoms with Crippen LogP contribution in [0.15, 0.2) is 48.7 Å². The van der Waals surface area contributed by atoms with Gasteiger partial charge < -0.3 is 9.64 Å². The number of ether oxygens (including phenoxy) is 1. The van der Waals surface area contributed by atoms with Crippen molar-refractivity contribution in [3.05, 3.63) is 58.8 Å². The standard InChI is InChI=1S/C17H19N3O3/c21-20(22)16-6-4-15(5-7-16)19-11-8-14(9-12-19)13-23-17-3-1-2-10-18-17/h1-7,10,14H,8-9,11-13H2. The molecule has 0 N–H and O–H groups in total. The summed E-state index contributed by atoms with van der Waals surface area (Å²) in [5.41, 5.74) is 1.17. The molecule has 0 aliphatic carbocycles. The Morgan fingerprint density at radius 3 is 2.52 bits per heavy atom. The number of aromatic nitrogens is 1. The van der Waals surface area contributed by atoms with E-state index >= 15 is 0 Å². The maximum atomic E-state index is 10.7. The number of rotatable bonds is 5. The summed E-state index contributed by atoms with van der Waals surface area (Å²) in [6.45, 7) is 2.56. The fourth-order valence-electron chi connectivity index (χ4n) is 2.78. The van der Waals surface area contributed by atoms with Gasteiger partial charge >= 0.3 is 0 Å². The summed E-state index contributed by atoms with van der Waals surface area (Å²) in [5, 5.41) is 10.7. The van der Waals surface area contributed by atoms with Crippen LogP contribution in [0.4, 0.5) is 11.4 Å². The lowest BCUT2D eigenvalue weighted by atomic mass is 9.97. The summed E-state index contributed by atoms with van der Waals surface area (Å²) in [6.07, 6.45) is 3.82. The minimum Gasteiger partial charge on any atom is -0.477 e. The first-order valence-electron chi connectivity index (χ1n) is 7.75. The van der Waals surface area contributed by atoms with Crippen LogP contribution in [-0.2, 0) is 0 Å². The summed E-state index contributed by atoms with van der Waals surface area (Å²) in [4.78, 5) is 16.7. The third kappa shape index (κ3) is 3.97. The Balaban J connectivity index is 1.49. The summed E-state index contributed by atoms with van der Waals surface area (Å²) in [7, 11) is 0. The molecule has 1 fully saturated rings. The fourth-order valence-corrected chi connectivity index (χ4v) is 2.78. The molecular weight excluding hydrogens is 294 g/mol. The minimum absolute atomic E-state index is 0.132. The SMILES string of the molecule is O=[N+]([O-])c1ccc(N2CCC(COc3ccccn3)CC2)cc1. The van der Waals surface area contributed by atoms with E-state index in [9.17, 15) is 10.1 Å². The summed E-state index contributed by atoms with van der Waals surface area (Å²) in [6, 6.07) is 12.4. The van der Waals surface area contributed by atoms with Gasteiger partial charge in [-0.3, -0.25) is 10.1 Å². The van der Waals surface area contributed by atoms with Gasteiger partial charge in [0.2, 0.25) is 5.88 Å². The van der Waals surface area contributed by atoms with Crippen LogP contribution in [0.2, 0.25) is 0 Å². The molecule has 0 unspecified atom stereocenters. The number of nitrogens with zero attached hydrogens (tertiary/aromatic N) is 3. The lowest BCUT2D eigenvalue weighted by Gasteiger charge is -2.33. The zero-order chi connectivity index (χ0) is 16.1. The Morgan fingerprint density at radius 1 is 1.17 bits per heavy atom. The molecule has 2 aromatic rings. The largest absolute Gasteiger partial charge is 0.477 e. The topological polar surface area (TPSA) is 68.5 Å². The number of piperidine rings is 1. The smallest absolute Gasteiger partial charge is 0.269 e. The highest BCUT2D eigenvalue weighted by Gasteiger charge is 2.20. The molecule has 3 rings (SSSR count). The van der Waals surface area contributed by atoms with Crippen molar-refractivity contribution in [3.63, 3.8) is 0 Å². The van der Waals surface area contributed by atoms with E-state index in [2.05, 4.69) is 9.88 Å². The van der Waals surface area contributed by atoms with Crippen LogP contribution in [0, 0.1) is 16.0 Å². The highest BCUT2D eigenvalue weighted by molar-refractivity contribution is 5.51. The zero-order valence-electron chi connectivity index (χ0n) is 12.8. The molecule has 0 atom stereocenters. The molecule has 0 amide bonds. The van der Waals surface area contributed by atoms with Gasteiger partial charge in [0.25, 0.3) is 5.69 Å². The van der Waals surface area contributed by atoms with Crippen LogP contribution in [0.3, 0.4) is 0 Å². The molecule has 0 bridgehead atoms. The van der Waals surface area contributed by atoms with Gasteiger partial charge in [0.05, 0.1) is 11.5 Å². The number of benzene rings is 1. The van der Waals surface area contributed by atoms with Crippen molar-refractivity contribution in [1.29, 1.82) is 0 Å². The van der Waals surface area contributed by atoms with Gasteiger partial charge in [-0.05, 0) is 37.0 Å². The van der Waals surface area contributed by atoms with E-state index in [-0.39, 0.29) is 10.6 Å². The highest BCUT2D eigenvalue weighted by Crippen LogP contribution is 2.25. The molecule has 0 saturated carbocycles. The maximum Gasteiger partial charge on any atom is 0.269 e. The van der Waals surface area contributed by atoms with E-state index in [0.29, 0.717) is 18.4 Å². The molecule has 23 heavy (non-hydrogen) atoms. The molecular formula is C17H19N3O3. The predicted molar refractivity (Wildman–Crippen MR) is 87.8 cm³/mol. The first-order chi connectivity index (χ1) is 11.2. The predicted octanol–water partition coefficient (Wildman–Crippen LogP) is 3.29. The number of nitro benzene ring substituents is 1. The number of anilines is 1. The number of pyridine rings is 1. The van der Waals surface area contributed by atoms with E-state index in [1.807, 2.05) is 30.3 Å². The third-order valence-electron chi connectivity index (χ3n) is 4.14. The first-order valence-corrected chi connectivity index (χ1v) is 7.75. The van der Waals surface area contributed by atoms with Crippen LogP contribution in [-0.4, -0.2) is 29.6 Å². The molecule has 1 aliphatic rings. The van der Waals surface area contributed by atoms with E-state index in [0.717, 1.165) is 31.6 Å². The second kappa shape index (κ2) is 7.09. The van der Waals surface area contributed by atoms with Crippen molar-refractivity contribution in [2.75, 3.05) is 24.6 Å². The second-order valence-corrected chi connectivity index (χ2v) is 5.68. The van der Waals surface area contributed by atoms with Crippen molar-refractivity contribution in [2.45, 2.75) is 12.8 Å². The molecule has 2 heterocycles. The number of nitro groups is 1. The average Bonchev–Trinajstić information content (AvgIpc) is 2.61. The lowest BCUT2D eigenvalue weighted by molar-refractivity contribution is -0.384. The maximum absolute atomic E-state index is 10.7. The Morgan fingerprint density at radius 2 is 1.91 bits per heavy atom. The Bertz CT molecular complexity index is 638. The van der Waals surface area contributed by atoms with Gasteiger partial charge in [-0.2, -0.15) is 0 Å². The van der Waals surface area contributed by atoms with Gasteiger partial charge in [0, 0.05) is 43.2 Å².